The molecule has 1 aliphatic rings. The van der Waals surface area contributed by atoms with Crippen LogP contribution in [-0.4, -0.2) is 51.2 Å². The summed E-state index contributed by atoms with van der Waals surface area (Å²) in [6, 6.07) is 7.50. The van der Waals surface area contributed by atoms with Crippen molar-refractivity contribution in [1.82, 2.24) is 19.0 Å². The molecule has 5 rings (SSSR count). The van der Waals surface area contributed by atoms with Gasteiger partial charge in [-0.1, -0.05) is 18.2 Å². The molecule has 0 unspecified atom stereocenters. The Kier molecular flexibility index (Phi) is 7.45. The summed E-state index contributed by atoms with van der Waals surface area (Å²) in [6.07, 6.45) is 3.16. The van der Waals surface area contributed by atoms with Gasteiger partial charge in [0.1, 0.15) is 28.5 Å². The van der Waals surface area contributed by atoms with E-state index in [0.29, 0.717) is 45.4 Å². The molecule has 3 aromatic heterocycles. The minimum Gasteiger partial charge on any atom is -0.496 e. The number of aryl methyl sites for hydroxylation is 1. The van der Waals surface area contributed by atoms with Crippen molar-refractivity contribution in [1.29, 1.82) is 0 Å². The van der Waals surface area contributed by atoms with E-state index in [9.17, 15) is 14.4 Å². The van der Waals surface area contributed by atoms with Gasteiger partial charge in [-0.2, -0.15) is 0 Å². The highest BCUT2D eigenvalue weighted by Crippen LogP contribution is 2.37. The molecule has 40 heavy (non-hydrogen) atoms. The summed E-state index contributed by atoms with van der Waals surface area (Å²) in [5, 5.41) is 0.352. The molecule has 1 amide bonds. The van der Waals surface area contributed by atoms with Crippen molar-refractivity contribution in [3.8, 4) is 16.5 Å². The molecule has 0 aliphatic carbocycles. The smallest absolute Gasteiger partial charge is 0.333 e. The summed E-state index contributed by atoms with van der Waals surface area (Å²) in [4.78, 5) is 49.0. The first-order chi connectivity index (χ1) is 19.1. The topological polar surface area (TPSA) is 109 Å². The maximum atomic E-state index is 14.3. The molecular weight excluding hydrogens is 532 g/mol. The van der Waals surface area contributed by atoms with Crippen LogP contribution >= 0.6 is 11.3 Å². The van der Waals surface area contributed by atoms with Gasteiger partial charge in [-0.25, -0.2) is 14.3 Å². The number of rotatable bonds is 9. The Balaban J connectivity index is 1.78. The maximum absolute atomic E-state index is 14.3. The monoisotopic (exact) mass is 566 g/mol. The molecular formula is C29H34N4O6S. The largest absolute Gasteiger partial charge is 0.496 e. The fraction of sp³-hybridized carbons (Fsp3) is 0.448. The third kappa shape index (κ3) is 4.66. The number of hydrogen-bond acceptors (Lipinski definition) is 8. The lowest BCUT2D eigenvalue weighted by Gasteiger charge is -2.38. The van der Waals surface area contributed by atoms with Gasteiger partial charge in [-0.3, -0.25) is 14.2 Å². The zero-order valence-corrected chi connectivity index (χ0v) is 24.4. The normalized spacial score (nSPS) is 14.5. The number of methoxy groups -OCH3 is 1. The molecule has 11 heteroatoms. The van der Waals surface area contributed by atoms with E-state index in [4.69, 9.17) is 13.9 Å². The van der Waals surface area contributed by atoms with Crippen molar-refractivity contribution in [2.24, 2.45) is 0 Å². The number of likely N-dealkylation sites (tertiary alicyclic amines) is 1. The third-order valence-electron chi connectivity index (χ3n) is 7.34. The standard InChI is InChI=1S/C29H34N4O6S/c1-17(2)39-21(19-10-7-8-11-20(19)37-6)16-32-26-22(18(3)23(40-26)24-30-12-15-38-24)25(34)33(28(32)36)29(4,5)27(35)31-13-9-14-31/h7-8,10-12,15,17,21H,9,13-14,16H2,1-6H3/t21-/m0/s1. The van der Waals surface area contributed by atoms with E-state index in [1.54, 1.807) is 30.4 Å². The summed E-state index contributed by atoms with van der Waals surface area (Å²) < 4.78 is 20.2. The minimum absolute atomic E-state index is 0.0904. The number of hydrogen-bond donors (Lipinski definition) is 0. The molecule has 4 aromatic rings. The van der Waals surface area contributed by atoms with Gasteiger partial charge in [0.25, 0.3) is 5.56 Å². The van der Waals surface area contributed by atoms with E-state index >= 15 is 0 Å². The Bertz CT molecular complexity index is 1660. The number of carbonyl (C=O) groups excluding carboxylic acids is 1. The second kappa shape index (κ2) is 10.7. The van der Waals surface area contributed by atoms with Gasteiger partial charge < -0.3 is 18.8 Å². The highest BCUT2D eigenvalue weighted by Gasteiger charge is 2.40. The highest BCUT2D eigenvalue weighted by molar-refractivity contribution is 7.22. The molecule has 4 heterocycles. The quantitative estimate of drug-likeness (QED) is 0.297. The first-order valence-corrected chi connectivity index (χ1v) is 14.1. The Labute approximate surface area is 235 Å². The highest BCUT2D eigenvalue weighted by atomic mass is 32.1. The molecule has 0 N–H and O–H groups in total. The summed E-state index contributed by atoms with van der Waals surface area (Å²) in [5.74, 6) is 0.727. The van der Waals surface area contributed by atoms with Gasteiger partial charge in [-0.15, -0.1) is 11.3 Å². The van der Waals surface area contributed by atoms with Crippen molar-refractivity contribution in [3.63, 3.8) is 0 Å². The van der Waals surface area contributed by atoms with E-state index in [0.717, 1.165) is 16.6 Å². The number of aromatic nitrogens is 3. The van der Waals surface area contributed by atoms with Crippen molar-refractivity contribution >= 4 is 27.5 Å². The van der Waals surface area contributed by atoms with Crippen LogP contribution in [0.4, 0.5) is 0 Å². The van der Waals surface area contributed by atoms with Gasteiger partial charge in [0.05, 0.1) is 36.2 Å². The molecule has 1 saturated heterocycles. The van der Waals surface area contributed by atoms with Gasteiger partial charge in [0.2, 0.25) is 11.8 Å². The van der Waals surface area contributed by atoms with Crippen molar-refractivity contribution in [2.45, 2.75) is 65.3 Å². The number of fused-ring (bicyclic) bond motifs is 1. The number of amides is 1. The van der Waals surface area contributed by atoms with E-state index in [1.807, 2.05) is 45.0 Å². The summed E-state index contributed by atoms with van der Waals surface area (Å²) >= 11 is 1.26. The van der Waals surface area contributed by atoms with Crippen LogP contribution in [0.5, 0.6) is 5.75 Å². The SMILES string of the molecule is COc1ccccc1[C@H](Cn1c(=O)n(C(C)(C)C(=O)N2CCC2)c(=O)c2c(C)c(-c3ncco3)sc21)OC(C)C. The average Bonchev–Trinajstić information content (AvgIpc) is 3.52. The number of oxazole rings is 1. The summed E-state index contributed by atoms with van der Waals surface area (Å²) in [5.41, 5.74) is -1.08. The van der Waals surface area contributed by atoms with Crippen molar-refractivity contribution in [3.05, 3.63) is 68.7 Å². The van der Waals surface area contributed by atoms with Crippen LogP contribution in [0.2, 0.25) is 0 Å². The second-order valence-electron chi connectivity index (χ2n) is 10.7. The first kappa shape index (κ1) is 27.9. The van der Waals surface area contributed by atoms with Gasteiger partial charge in [0.15, 0.2) is 0 Å². The molecule has 0 radical (unpaired) electrons. The van der Waals surface area contributed by atoms with E-state index < -0.39 is 22.9 Å². The number of thiophene rings is 1. The summed E-state index contributed by atoms with van der Waals surface area (Å²) in [6.45, 7) is 10.2. The minimum atomic E-state index is -1.40. The average molecular weight is 567 g/mol. The lowest BCUT2D eigenvalue weighted by molar-refractivity contribution is -0.143. The molecule has 0 bridgehead atoms. The van der Waals surface area contributed by atoms with Gasteiger partial charge in [-0.05, 0) is 52.7 Å². The predicted octanol–water partition coefficient (Wildman–Crippen LogP) is 4.33. The van der Waals surface area contributed by atoms with Crippen LogP contribution in [-0.2, 0) is 21.6 Å². The molecule has 1 atom stereocenters. The van der Waals surface area contributed by atoms with Crippen LogP contribution in [0.1, 0.15) is 51.3 Å². The Morgan fingerprint density at radius 1 is 1.20 bits per heavy atom. The first-order valence-electron chi connectivity index (χ1n) is 13.3. The molecule has 1 aromatic carbocycles. The van der Waals surface area contributed by atoms with Crippen LogP contribution in [0, 0.1) is 6.92 Å². The van der Waals surface area contributed by atoms with Crippen LogP contribution in [0.25, 0.3) is 21.0 Å². The van der Waals surface area contributed by atoms with Gasteiger partial charge >= 0.3 is 5.69 Å². The maximum Gasteiger partial charge on any atom is 0.333 e. The van der Waals surface area contributed by atoms with Crippen LogP contribution < -0.4 is 16.0 Å². The van der Waals surface area contributed by atoms with E-state index in [-0.39, 0.29) is 18.6 Å². The van der Waals surface area contributed by atoms with Crippen LogP contribution in [0.3, 0.4) is 0 Å². The lowest BCUT2D eigenvalue weighted by Crippen LogP contribution is -2.59. The molecule has 10 nitrogen and oxygen atoms in total. The molecule has 212 valence electrons. The number of carbonyl (C=O) groups is 1. The Morgan fingerprint density at radius 3 is 2.52 bits per heavy atom. The van der Waals surface area contributed by atoms with Gasteiger partial charge in [0, 0.05) is 18.7 Å². The Hall–Kier alpha value is -3.70. The fourth-order valence-electron chi connectivity index (χ4n) is 5.18. The van der Waals surface area contributed by atoms with E-state index in [1.165, 1.54) is 23.8 Å². The summed E-state index contributed by atoms with van der Waals surface area (Å²) in [7, 11) is 1.59. The Morgan fingerprint density at radius 2 is 1.93 bits per heavy atom. The number of nitrogens with zero attached hydrogens (tertiary/aromatic N) is 4. The number of benzene rings is 1. The van der Waals surface area contributed by atoms with Crippen molar-refractivity contribution < 1.29 is 18.7 Å². The predicted molar refractivity (Wildman–Crippen MR) is 153 cm³/mol. The molecule has 1 fully saturated rings. The second-order valence-corrected chi connectivity index (χ2v) is 11.7. The zero-order valence-electron chi connectivity index (χ0n) is 23.6. The van der Waals surface area contributed by atoms with Crippen LogP contribution in [0.15, 0.2) is 50.7 Å². The molecule has 0 saturated carbocycles. The third-order valence-corrected chi connectivity index (χ3v) is 8.64. The zero-order chi connectivity index (χ0) is 28.8. The lowest BCUT2D eigenvalue weighted by atomic mass is 10.00. The number of para-hydroxylation sites is 1. The van der Waals surface area contributed by atoms with Crippen molar-refractivity contribution in [2.75, 3.05) is 20.2 Å². The molecule has 1 aliphatic heterocycles. The fourth-order valence-corrected chi connectivity index (χ4v) is 6.43. The van der Waals surface area contributed by atoms with E-state index in [2.05, 4.69) is 4.98 Å². The number of ether oxygens (including phenoxy) is 2. The molecule has 0 spiro atoms.